The number of thiocarbonyl (C=S) groups is 1. The van der Waals surface area contributed by atoms with Gasteiger partial charge in [-0.2, -0.15) is 0 Å². The van der Waals surface area contributed by atoms with E-state index in [1.54, 1.807) is 48.5 Å². The molecule has 2 aromatic carbocycles. The molecule has 2 aromatic rings. The number of carbonyl (C=O) groups is 2. The summed E-state index contributed by atoms with van der Waals surface area (Å²) in [6.45, 7) is -0.231. The number of halogens is 1. The summed E-state index contributed by atoms with van der Waals surface area (Å²) < 4.78 is 24.1. The van der Waals surface area contributed by atoms with Gasteiger partial charge in [0.15, 0.2) is 5.11 Å². The fourth-order valence-corrected chi connectivity index (χ4v) is 2.82. The van der Waals surface area contributed by atoms with Gasteiger partial charge in [0.2, 0.25) is 0 Å². The molecule has 0 radical (unpaired) electrons. The van der Waals surface area contributed by atoms with Gasteiger partial charge in [-0.15, -0.1) is 0 Å². The minimum atomic E-state index is -0.577. The molecule has 1 aliphatic heterocycles. The van der Waals surface area contributed by atoms with Crippen molar-refractivity contribution in [1.29, 1.82) is 0 Å². The molecular weight excluding hydrogens is 383 g/mol. The highest BCUT2D eigenvalue weighted by Gasteiger charge is 2.32. The van der Waals surface area contributed by atoms with Crippen LogP contribution in [0.2, 0.25) is 0 Å². The maximum Gasteiger partial charge on any atom is 0.325 e. The number of ether oxygens (including phenoxy) is 2. The molecule has 0 spiro atoms. The quantitative estimate of drug-likeness (QED) is 0.457. The maximum atomic E-state index is 13.8. The fourth-order valence-electron chi connectivity index (χ4n) is 2.57. The van der Waals surface area contributed by atoms with E-state index in [-0.39, 0.29) is 29.8 Å². The molecule has 8 heteroatoms. The van der Waals surface area contributed by atoms with Crippen molar-refractivity contribution in [3.63, 3.8) is 0 Å². The SMILES string of the molecule is COC(=O)CN1C(=O)/C(=C/c2ccccc2OCc2ccccc2F)NC1=S. The normalized spacial score (nSPS) is 14.9. The zero-order valence-corrected chi connectivity index (χ0v) is 15.8. The summed E-state index contributed by atoms with van der Waals surface area (Å²) in [5.41, 5.74) is 1.23. The van der Waals surface area contributed by atoms with Crippen molar-refractivity contribution in [3.8, 4) is 5.75 Å². The van der Waals surface area contributed by atoms with Crippen LogP contribution in [0.25, 0.3) is 6.08 Å². The Morgan fingerprint density at radius 2 is 1.93 bits per heavy atom. The van der Waals surface area contributed by atoms with Crippen LogP contribution < -0.4 is 10.1 Å². The molecule has 1 N–H and O–H groups in total. The average molecular weight is 400 g/mol. The highest BCUT2D eigenvalue weighted by atomic mass is 32.1. The third-order valence-corrected chi connectivity index (χ3v) is 4.36. The van der Waals surface area contributed by atoms with Gasteiger partial charge in [-0.3, -0.25) is 14.5 Å². The molecule has 3 rings (SSSR count). The molecule has 1 heterocycles. The predicted octanol–water partition coefficient (Wildman–Crippen LogP) is 2.64. The van der Waals surface area contributed by atoms with E-state index in [0.29, 0.717) is 16.9 Å². The lowest BCUT2D eigenvalue weighted by molar-refractivity contribution is -0.143. The zero-order chi connectivity index (χ0) is 20.1. The summed E-state index contributed by atoms with van der Waals surface area (Å²) in [6.07, 6.45) is 1.57. The smallest absolute Gasteiger partial charge is 0.325 e. The Morgan fingerprint density at radius 1 is 1.21 bits per heavy atom. The molecule has 0 unspecified atom stereocenters. The monoisotopic (exact) mass is 400 g/mol. The second-order valence-electron chi connectivity index (χ2n) is 5.87. The molecule has 0 aliphatic carbocycles. The van der Waals surface area contributed by atoms with Crippen molar-refractivity contribution in [2.75, 3.05) is 13.7 Å². The van der Waals surface area contributed by atoms with Gasteiger partial charge >= 0.3 is 5.97 Å². The van der Waals surface area contributed by atoms with Gasteiger partial charge < -0.3 is 14.8 Å². The minimum Gasteiger partial charge on any atom is -0.488 e. The number of esters is 1. The van der Waals surface area contributed by atoms with Gasteiger partial charge in [0, 0.05) is 11.1 Å². The first kappa shape index (κ1) is 19.5. The number of para-hydroxylation sites is 1. The topological polar surface area (TPSA) is 67.9 Å². The lowest BCUT2D eigenvalue weighted by atomic mass is 10.1. The van der Waals surface area contributed by atoms with Crippen LogP contribution in [0.4, 0.5) is 4.39 Å². The Balaban J connectivity index is 1.79. The van der Waals surface area contributed by atoms with Crippen LogP contribution in [0.15, 0.2) is 54.2 Å². The number of nitrogens with one attached hydrogen (secondary N) is 1. The van der Waals surface area contributed by atoms with Gasteiger partial charge in [0.1, 0.15) is 30.4 Å². The van der Waals surface area contributed by atoms with Crippen LogP contribution in [0.1, 0.15) is 11.1 Å². The van der Waals surface area contributed by atoms with Crippen LogP contribution in [0, 0.1) is 5.82 Å². The van der Waals surface area contributed by atoms with E-state index >= 15 is 0 Å². The van der Waals surface area contributed by atoms with Crippen LogP contribution in [0.3, 0.4) is 0 Å². The number of methoxy groups -OCH3 is 1. The maximum absolute atomic E-state index is 13.8. The Labute approximate surface area is 166 Å². The summed E-state index contributed by atoms with van der Waals surface area (Å²) in [5.74, 6) is -0.897. The predicted molar refractivity (Wildman–Crippen MR) is 105 cm³/mol. The van der Waals surface area contributed by atoms with E-state index in [1.807, 2.05) is 0 Å². The third kappa shape index (κ3) is 4.34. The van der Waals surface area contributed by atoms with Crippen LogP contribution in [0.5, 0.6) is 5.75 Å². The Kier molecular flexibility index (Phi) is 6.00. The second kappa shape index (κ2) is 8.62. The molecule has 1 amide bonds. The van der Waals surface area contributed by atoms with E-state index in [1.165, 1.54) is 13.2 Å². The molecule has 144 valence electrons. The first-order valence-electron chi connectivity index (χ1n) is 8.36. The molecule has 1 saturated heterocycles. The van der Waals surface area contributed by atoms with Gasteiger partial charge in [0.25, 0.3) is 5.91 Å². The molecule has 0 atom stereocenters. The lowest BCUT2D eigenvalue weighted by Gasteiger charge is -2.11. The molecule has 0 bridgehead atoms. The number of benzene rings is 2. The summed E-state index contributed by atoms with van der Waals surface area (Å²) in [6, 6.07) is 13.4. The molecule has 1 aliphatic rings. The number of amides is 1. The standard InChI is InChI=1S/C20H17FN2O4S/c1-26-18(24)11-23-19(25)16(22-20(23)28)10-13-6-3-5-9-17(13)27-12-14-7-2-4-8-15(14)21/h2-10H,11-12H2,1H3,(H,22,28)/b16-10-. The van der Waals surface area contributed by atoms with E-state index in [2.05, 4.69) is 10.1 Å². The highest BCUT2D eigenvalue weighted by molar-refractivity contribution is 7.80. The largest absolute Gasteiger partial charge is 0.488 e. The zero-order valence-electron chi connectivity index (χ0n) is 15.0. The first-order chi connectivity index (χ1) is 13.5. The molecule has 28 heavy (non-hydrogen) atoms. The molecule has 0 aromatic heterocycles. The van der Waals surface area contributed by atoms with Crippen molar-refractivity contribution in [3.05, 3.63) is 71.2 Å². The summed E-state index contributed by atoms with van der Waals surface area (Å²) in [7, 11) is 1.24. The Hall–Kier alpha value is -3.26. The third-order valence-electron chi connectivity index (χ3n) is 4.04. The van der Waals surface area contributed by atoms with Crippen molar-refractivity contribution in [1.82, 2.24) is 10.2 Å². The van der Waals surface area contributed by atoms with Gasteiger partial charge in [-0.1, -0.05) is 36.4 Å². The summed E-state index contributed by atoms with van der Waals surface area (Å²) >= 11 is 5.11. The minimum absolute atomic E-state index is 0.0428. The summed E-state index contributed by atoms with van der Waals surface area (Å²) in [5, 5.41) is 2.90. The van der Waals surface area contributed by atoms with E-state index < -0.39 is 11.9 Å². The van der Waals surface area contributed by atoms with Gasteiger partial charge in [-0.05, 0) is 30.4 Å². The van der Waals surface area contributed by atoms with E-state index in [0.717, 1.165) is 4.90 Å². The number of rotatable bonds is 6. The van der Waals surface area contributed by atoms with Crippen LogP contribution in [-0.4, -0.2) is 35.5 Å². The van der Waals surface area contributed by atoms with Crippen molar-refractivity contribution in [2.45, 2.75) is 6.61 Å². The number of carbonyl (C=O) groups excluding carboxylic acids is 2. The fraction of sp³-hybridized carbons (Fsp3) is 0.150. The molecule has 0 saturated carbocycles. The molecule has 6 nitrogen and oxygen atoms in total. The van der Waals surface area contributed by atoms with Crippen LogP contribution >= 0.6 is 12.2 Å². The molecular formula is C20H17FN2O4S. The average Bonchev–Trinajstić information content (AvgIpc) is 2.95. The van der Waals surface area contributed by atoms with Crippen molar-refractivity contribution in [2.24, 2.45) is 0 Å². The Morgan fingerprint density at radius 3 is 2.68 bits per heavy atom. The highest BCUT2D eigenvalue weighted by Crippen LogP contribution is 2.24. The van der Waals surface area contributed by atoms with E-state index in [4.69, 9.17) is 17.0 Å². The van der Waals surface area contributed by atoms with Crippen molar-refractivity contribution < 1.29 is 23.5 Å². The number of hydrogen-bond donors (Lipinski definition) is 1. The number of hydrogen-bond acceptors (Lipinski definition) is 5. The second-order valence-corrected chi connectivity index (χ2v) is 6.26. The Bertz CT molecular complexity index is 961. The van der Waals surface area contributed by atoms with Gasteiger partial charge in [0.05, 0.1) is 7.11 Å². The van der Waals surface area contributed by atoms with E-state index in [9.17, 15) is 14.0 Å². The van der Waals surface area contributed by atoms with Gasteiger partial charge in [-0.25, -0.2) is 4.39 Å². The van der Waals surface area contributed by atoms with Crippen LogP contribution in [-0.2, 0) is 20.9 Å². The van der Waals surface area contributed by atoms with Crippen molar-refractivity contribution >= 4 is 35.3 Å². The number of nitrogens with zero attached hydrogens (tertiary/aromatic N) is 1. The first-order valence-corrected chi connectivity index (χ1v) is 8.77. The molecule has 1 fully saturated rings. The summed E-state index contributed by atoms with van der Waals surface area (Å²) in [4.78, 5) is 25.1. The lowest BCUT2D eigenvalue weighted by Crippen LogP contribution is -2.35.